The van der Waals surface area contributed by atoms with Crippen LogP contribution < -0.4 is 0 Å². The topological polar surface area (TPSA) is 37.4 Å². The molecule has 3 nitrogen and oxygen atoms in total. The SMILES string of the molecule is CN1C(=O)Cc2ccc(C(Br)c3cccs3)cc2C1=O. The van der Waals surface area contributed by atoms with Crippen LogP contribution in [0.3, 0.4) is 0 Å². The number of imide groups is 1. The van der Waals surface area contributed by atoms with Crippen molar-refractivity contribution in [2.45, 2.75) is 11.2 Å². The van der Waals surface area contributed by atoms with E-state index >= 15 is 0 Å². The highest BCUT2D eigenvalue weighted by Crippen LogP contribution is 2.35. The second-order valence-electron chi connectivity index (χ2n) is 4.73. The maximum atomic E-state index is 12.2. The average Bonchev–Trinajstić information content (AvgIpc) is 2.98. The first-order valence-corrected chi connectivity index (χ1v) is 7.98. The summed E-state index contributed by atoms with van der Waals surface area (Å²) < 4.78 is 0. The molecule has 0 radical (unpaired) electrons. The summed E-state index contributed by atoms with van der Waals surface area (Å²) in [5.41, 5.74) is 2.47. The molecule has 102 valence electrons. The Bertz CT molecular complexity index is 681. The molecule has 0 N–H and O–H groups in total. The predicted octanol–water partition coefficient (Wildman–Crippen LogP) is 3.39. The van der Waals surface area contributed by atoms with Crippen LogP contribution in [0.5, 0.6) is 0 Å². The number of carbonyl (C=O) groups excluding carboxylic acids is 2. The molecule has 1 aromatic carbocycles. The lowest BCUT2D eigenvalue weighted by atomic mass is 9.95. The van der Waals surface area contributed by atoms with Gasteiger partial charge in [-0.1, -0.05) is 34.1 Å². The van der Waals surface area contributed by atoms with E-state index in [1.54, 1.807) is 11.3 Å². The number of fused-ring (bicyclic) bond motifs is 1. The summed E-state index contributed by atoms with van der Waals surface area (Å²) >= 11 is 5.34. The first-order valence-electron chi connectivity index (χ1n) is 6.19. The number of likely N-dealkylation sites (N-methyl/N-ethyl adjacent to an activating group) is 1. The Hall–Kier alpha value is -1.46. The van der Waals surface area contributed by atoms with E-state index < -0.39 is 0 Å². The zero-order chi connectivity index (χ0) is 14.3. The lowest BCUT2D eigenvalue weighted by Crippen LogP contribution is -2.39. The number of halogens is 1. The number of carbonyl (C=O) groups is 2. The van der Waals surface area contributed by atoms with Crippen molar-refractivity contribution in [2.24, 2.45) is 0 Å². The molecule has 1 aliphatic heterocycles. The maximum Gasteiger partial charge on any atom is 0.260 e. The first-order chi connectivity index (χ1) is 9.58. The second-order valence-corrected chi connectivity index (χ2v) is 6.62. The van der Waals surface area contributed by atoms with Crippen molar-refractivity contribution in [1.29, 1.82) is 0 Å². The molecule has 2 amide bonds. The minimum absolute atomic E-state index is 0.0727. The molecular formula is C15H12BrNO2S. The fourth-order valence-electron chi connectivity index (χ4n) is 2.28. The highest BCUT2D eigenvalue weighted by molar-refractivity contribution is 9.09. The van der Waals surface area contributed by atoms with Crippen LogP contribution in [-0.2, 0) is 11.2 Å². The molecule has 0 saturated heterocycles. The summed E-state index contributed by atoms with van der Waals surface area (Å²) in [6.07, 6.45) is 0.295. The fourth-order valence-corrected chi connectivity index (χ4v) is 3.77. The molecular weight excluding hydrogens is 338 g/mol. The van der Waals surface area contributed by atoms with E-state index in [1.165, 1.54) is 16.8 Å². The first kappa shape index (κ1) is 13.5. The summed E-state index contributed by atoms with van der Waals surface area (Å²) in [4.78, 5) is 26.3. The van der Waals surface area contributed by atoms with Crippen molar-refractivity contribution < 1.29 is 9.59 Å². The number of nitrogens with zero attached hydrogens (tertiary/aromatic N) is 1. The molecule has 20 heavy (non-hydrogen) atoms. The van der Waals surface area contributed by atoms with E-state index in [1.807, 2.05) is 29.6 Å². The Labute approximate surface area is 129 Å². The molecule has 3 rings (SSSR count). The van der Waals surface area contributed by atoms with Crippen LogP contribution in [0.25, 0.3) is 0 Å². The van der Waals surface area contributed by atoms with Gasteiger partial charge >= 0.3 is 0 Å². The van der Waals surface area contributed by atoms with Gasteiger partial charge in [0.1, 0.15) is 0 Å². The van der Waals surface area contributed by atoms with Crippen molar-refractivity contribution in [3.05, 3.63) is 57.3 Å². The number of rotatable bonds is 2. The van der Waals surface area contributed by atoms with E-state index in [0.29, 0.717) is 12.0 Å². The van der Waals surface area contributed by atoms with E-state index in [4.69, 9.17) is 0 Å². The quantitative estimate of drug-likeness (QED) is 0.615. The average molecular weight is 350 g/mol. The van der Waals surface area contributed by atoms with E-state index in [-0.39, 0.29) is 16.6 Å². The van der Waals surface area contributed by atoms with Gasteiger partial charge in [0, 0.05) is 17.5 Å². The number of hydrogen-bond acceptors (Lipinski definition) is 3. The van der Waals surface area contributed by atoms with Gasteiger partial charge in [-0.25, -0.2) is 0 Å². The summed E-state index contributed by atoms with van der Waals surface area (Å²) in [7, 11) is 1.53. The van der Waals surface area contributed by atoms with Gasteiger partial charge in [-0.2, -0.15) is 0 Å². The molecule has 0 saturated carbocycles. The Morgan fingerprint density at radius 2 is 2.10 bits per heavy atom. The highest BCUT2D eigenvalue weighted by atomic mass is 79.9. The third-order valence-electron chi connectivity index (χ3n) is 3.47. The number of benzene rings is 1. The summed E-state index contributed by atoms with van der Waals surface area (Å²) in [5, 5.41) is 2.03. The Balaban J connectivity index is 2.01. The highest BCUT2D eigenvalue weighted by Gasteiger charge is 2.28. The molecule has 1 atom stereocenters. The summed E-state index contributed by atoms with van der Waals surface area (Å²) in [6, 6.07) is 9.81. The zero-order valence-electron chi connectivity index (χ0n) is 10.8. The van der Waals surface area contributed by atoms with Crippen LogP contribution in [0.2, 0.25) is 0 Å². The summed E-state index contributed by atoms with van der Waals surface area (Å²) in [5.74, 6) is -0.368. The third-order valence-corrected chi connectivity index (χ3v) is 5.73. The van der Waals surface area contributed by atoms with Crippen molar-refractivity contribution >= 4 is 39.1 Å². The molecule has 0 aliphatic carbocycles. The number of amides is 2. The Kier molecular flexibility index (Phi) is 3.48. The van der Waals surface area contributed by atoms with Gasteiger partial charge in [-0.3, -0.25) is 14.5 Å². The summed E-state index contributed by atoms with van der Waals surface area (Å²) in [6.45, 7) is 0. The molecule has 1 aromatic heterocycles. The van der Waals surface area contributed by atoms with Crippen molar-refractivity contribution in [1.82, 2.24) is 4.90 Å². The largest absolute Gasteiger partial charge is 0.281 e. The molecule has 1 aliphatic rings. The fraction of sp³-hybridized carbons (Fsp3) is 0.200. The molecule has 2 aromatic rings. The molecule has 1 unspecified atom stereocenters. The van der Waals surface area contributed by atoms with Gasteiger partial charge in [0.2, 0.25) is 5.91 Å². The third kappa shape index (κ3) is 2.21. The normalized spacial score (nSPS) is 16.2. The molecule has 5 heteroatoms. The van der Waals surface area contributed by atoms with Crippen LogP contribution in [0.15, 0.2) is 35.7 Å². The van der Waals surface area contributed by atoms with Gasteiger partial charge in [0.25, 0.3) is 5.91 Å². The standard InChI is InChI=1S/C15H12BrNO2S/c1-17-13(18)8-9-4-5-10(7-11(9)15(17)19)14(16)12-3-2-6-20-12/h2-7,14H,8H2,1H3. The number of hydrogen-bond donors (Lipinski definition) is 0. The monoisotopic (exact) mass is 349 g/mol. The van der Waals surface area contributed by atoms with E-state index in [0.717, 1.165) is 11.1 Å². The smallest absolute Gasteiger partial charge is 0.260 e. The van der Waals surface area contributed by atoms with Gasteiger partial charge < -0.3 is 0 Å². The lowest BCUT2D eigenvalue weighted by Gasteiger charge is -2.24. The maximum absolute atomic E-state index is 12.2. The molecule has 0 spiro atoms. The van der Waals surface area contributed by atoms with Crippen molar-refractivity contribution in [3.63, 3.8) is 0 Å². The van der Waals surface area contributed by atoms with Crippen LogP contribution in [0.4, 0.5) is 0 Å². The number of alkyl halides is 1. The lowest BCUT2D eigenvalue weighted by molar-refractivity contribution is -0.127. The Morgan fingerprint density at radius 3 is 2.80 bits per heavy atom. The predicted molar refractivity (Wildman–Crippen MR) is 82.3 cm³/mol. The van der Waals surface area contributed by atoms with Gasteiger partial charge in [0.05, 0.1) is 11.2 Å². The van der Waals surface area contributed by atoms with E-state index in [2.05, 4.69) is 22.0 Å². The van der Waals surface area contributed by atoms with Crippen molar-refractivity contribution in [3.8, 4) is 0 Å². The van der Waals surface area contributed by atoms with Crippen LogP contribution in [0.1, 0.15) is 31.2 Å². The van der Waals surface area contributed by atoms with Gasteiger partial charge in [0.15, 0.2) is 0 Å². The van der Waals surface area contributed by atoms with Crippen molar-refractivity contribution in [2.75, 3.05) is 7.05 Å². The van der Waals surface area contributed by atoms with E-state index in [9.17, 15) is 9.59 Å². The van der Waals surface area contributed by atoms with Gasteiger partial charge in [-0.15, -0.1) is 11.3 Å². The Morgan fingerprint density at radius 1 is 1.30 bits per heavy atom. The van der Waals surface area contributed by atoms with Gasteiger partial charge in [-0.05, 0) is 28.6 Å². The molecule has 2 heterocycles. The zero-order valence-corrected chi connectivity index (χ0v) is 13.2. The molecule has 0 fully saturated rings. The molecule has 0 bridgehead atoms. The van der Waals surface area contributed by atoms with Crippen LogP contribution >= 0.6 is 27.3 Å². The number of thiophene rings is 1. The second kappa shape index (κ2) is 5.14. The van der Waals surface area contributed by atoms with Crippen LogP contribution in [-0.4, -0.2) is 23.8 Å². The van der Waals surface area contributed by atoms with Crippen LogP contribution in [0, 0.1) is 0 Å². The minimum atomic E-state index is -0.219. The minimum Gasteiger partial charge on any atom is -0.281 e.